The molecule has 0 bridgehead atoms. The Morgan fingerprint density at radius 1 is 1.23 bits per heavy atom. The fourth-order valence-corrected chi connectivity index (χ4v) is 5.35. The van der Waals surface area contributed by atoms with E-state index in [1.54, 1.807) is 6.20 Å². The molecule has 26 heavy (non-hydrogen) atoms. The number of anilines is 1. The van der Waals surface area contributed by atoms with Crippen LogP contribution in [0.2, 0.25) is 0 Å². The van der Waals surface area contributed by atoms with Gasteiger partial charge in [0.15, 0.2) is 0 Å². The molecule has 2 aromatic rings. The highest BCUT2D eigenvalue weighted by molar-refractivity contribution is 7.91. The molecule has 1 aliphatic heterocycles. The lowest BCUT2D eigenvalue weighted by molar-refractivity contribution is 0.348. The highest BCUT2D eigenvalue weighted by atomic mass is 32.2. The molecule has 1 N–H and O–H groups in total. The third kappa shape index (κ3) is 3.47. The largest absolute Gasteiger partial charge is 0.379 e. The molecule has 2 aliphatic rings. The monoisotopic (exact) mass is 376 g/mol. The molecule has 7 nitrogen and oxygen atoms in total. The Bertz CT molecular complexity index is 899. The van der Waals surface area contributed by atoms with E-state index in [1.165, 1.54) is 0 Å². The van der Waals surface area contributed by atoms with Gasteiger partial charge in [-0.2, -0.15) is 4.98 Å². The Labute approximate surface area is 153 Å². The van der Waals surface area contributed by atoms with Gasteiger partial charge in [0.1, 0.15) is 15.5 Å². The second-order valence-electron chi connectivity index (χ2n) is 8.53. The van der Waals surface area contributed by atoms with Crippen LogP contribution in [0.5, 0.6) is 0 Å². The summed E-state index contributed by atoms with van der Waals surface area (Å²) in [6.45, 7) is 6.27. The lowest BCUT2D eigenvalue weighted by Gasteiger charge is -2.21. The molecule has 1 spiro atoms. The standard InChI is InChI=1S/C18H24N4O3S/c1-17(2,3)21-12-4-5-14(19-11-12)15-20-16(25-22-15)13-10-18(13)6-8-26(23,24)9-7-18/h4-5,11,13,21H,6-10H2,1-3H3. The van der Waals surface area contributed by atoms with Crippen molar-refractivity contribution in [2.75, 3.05) is 16.8 Å². The molecule has 2 aromatic heterocycles. The highest BCUT2D eigenvalue weighted by Gasteiger charge is 2.59. The minimum absolute atomic E-state index is 0.0315. The van der Waals surface area contributed by atoms with Crippen LogP contribution < -0.4 is 5.32 Å². The Morgan fingerprint density at radius 3 is 2.58 bits per heavy atom. The first-order valence-electron chi connectivity index (χ1n) is 8.95. The van der Waals surface area contributed by atoms with Crippen molar-refractivity contribution in [3.63, 3.8) is 0 Å². The summed E-state index contributed by atoms with van der Waals surface area (Å²) in [5.74, 6) is 1.81. The number of pyridine rings is 1. The zero-order chi connectivity index (χ0) is 18.6. The Kier molecular flexibility index (Phi) is 3.87. The molecule has 0 amide bonds. The summed E-state index contributed by atoms with van der Waals surface area (Å²) in [7, 11) is -2.86. The summed E-state index contributed by atoms with van der Waals surface area (Å²) in [6.07, 6.45) is 4.10. The van der Waals surface area contributed by atoms with Gasteiger partial charge in [-0.05, 0) is 57.6 Å². The molecule has 8 heteroatoms. The molecular weight excluding hydrogens is 352 g/mol. The summed E-state index contributed by atoms with van der Waals surface area (Å²) in [6, 6.07) is 3.83. The van der Waals surface area contributed by atoms with E-state index in [-0.39, 0.29) is 28.4 Å². The van der Waals surface area contributed by atoms with Crippen LogP contribution in [0.15, 0.2) is 22.9 Å². The third-order valence-electron chi connectivity index (χ3n) is 5.26. The van der Waals surface area contributed by atoms with E-state index in [0.717, 1.165) is 12.1 Å². The van der Waals surface area contributed by atoms with Crippen molar-refractivity contribution in [1.29, 1.82) is 0 Å². The van der Waals surface area contributed by atoms with Crippen LogP contribution in [0.25, 0.3) is 11.5 Å². The number of hydrogen-bond donors (Lipinski definition) is 1. The van der Waals surface area contributed by atoms with Gasteiger partial charge >= 0.3 is 0 Å². The average Bonchev–Trinajstić information content (AvgIpc) is 3.04. The van der Waals surface area contributed by atoms with Gasteiger partial charge in [0, 0.05) is 11.5 Å². The maximum atomic E-state index is 11.6. The van der Waals surface area contributed by atoms with Crippen LogP contribution in [-0.4, -0.2) is 40.6 Å². The van der Waals surface area contributed by atoms with E-state index in [2.05, 4.69) is 41.2 Å². The maximum Gasteiger partial charge on any atom is 0.230 e. The normalized spacial score (nSPS) is 23.7. The molecule has 4 rings (SSSR count). The molecule has 0 aromatic carbocycles. The fraction of sp³-hybridized carbons (Fsp3) is 0.611. The van der Waals surface area contributed by atoms with Crippen molar-refractivity contribution in [3.05, 3.63) is 24.2 Å². The van der Waals surface area contributed by atoms with Crippen LogP contribution in [0.3, 0.4) is 0 Å². The van der Waals surface area contributed by atoms with Gasteiger partial charge in [-0.1, -0.05) is 5.16 Å². The van der Waals surface area contributed by atoms with Gasteiger partial charge in [-0.15, -0.1) is 0 Å². The smallest absolute Gasteiger partial charge is 0.230 e. The van der Waals surface area contributed by atoms with Crippen molar-refractivity contribution < 1.29 is 12.9 Å². The van der Waals surface area contributed by atoms with E-state index in [9.17, 15) is 8.42 Å². The van der Waals surface area contributed by atoms with Gasteiger partial charge in [-0.25, -0.2) is 8.42 Å². The summed E-state index contributed by atoms with van der Waals surface area (Å²) in [5.41, 5.74) is 1.62. The summed E-state index contributed by atoms with van der Waals surface area (Å²) in [4.78, 5) is 8.94. The molecular formula is C18H24N4O3S. The lowest BCUT2D eigenvalue weighted by Crippen LogP contribution is -2.26. The quantitative estimate of drug-likeness (QED) is 0.879. The van der Waals surface area contributed by atoms with E-state index < -0.39 is 9.84 Å². The number of sulfone groups is 1. The Morgan fingerprint density at radius 2 is 1.96 bits per heavy atom. The van der Waals surface area contributed by atoms with Gasteiger partial charge in [0.25, 0.3) is 0 Å². The van der Waals surface area contributed by atoms with Crippen molar-refractivity contribution in [3.8, 4) is 11.5 Å². The number of aromatic nitrogens is 3. The van der Waals surface area contributed by atoms with Gasteiger partial charge in [0.2, 0.25) is 11.7 Å². The van der Waals surface area contributed by atoms with Crippen LogP contribution in [0, 0.1) is 5.41 Å². The average molecular weight is 376 g/mol. The van der Waals surface area contributed by atoms with Crippen LogP contribution >= 0.6 is 0 Å². The minimum atomic E-state index is -2.86. The number of hydrogen-bond acceptors (Lipinski definition) is 7. The molecule has 1 aliphatic carbocycles. The van der Waals surface area contributed by atoms with E-state index in [1.807, 2.05) is 12.1 Å². The number of nitrogens with zero attached hydrogens (tertiary/aromatic N) is 3. The van der Waals surface area contributed by atoms with Gasteiger partial charge < -0.3 is 9.84 Å². The Balaban J connectivity index is 1.46. The zero-order valence-corrected chi connectivity index (χ0v) is 16.1. The molecule has 0 radical (unpaired) electrons. The molecule has 1 saturated heterocycles. The van der Waals surface area contributed by atoms with Crippen LogP contribution in [0.4, 0.5) is 5.69 Å². The van der Waals surface area contributed by atoms with Crippen molar-refractivity contribution in [1.82, 2.24) is 15.1 Å². The van der Waals surface area contributed by atoms with Crippen LogP contribution in [-0.2, 0) is 9.84 Å². The van der Waals surface area contributed by atoms with Crippen molar-refractivity contribution in [2.24, 2.45) is 5.41 Å². The second-order valence-corrected chi connectivity index (χ2v) is 10.8. The highest BCUT2D eigenvalue weighted by Crippen LogP contribution is 2.64. The van der Waals surface area contributed by atoms with Crippen molar-refractivity contribution in [2.45, 2.75) is 51.5 Å². The zero-order valence-electron chi connectivity index (χ0n) is 15.3. The first kappa shape index (κ1) is 17.5. The maximum absolute atomic E-state index is 11.6. The van der Waals surface area contributed by atoms with E-state index in [0.29, 0.717) is 30.3 Å². The topological polar surface area (TPSA) is 98.0 Å². The molecule has 3 heterocycles. The molecule has 140 valence electrons. The number of nitrogens with one attached hydrogen (secondary N) is 1. The summed E-state index contributed by atoms with van der Waals surface area (Å²) >= 11 is 0. The molecule has 2 fully saturated rings. The van der Waals surface area contributed by atoms with Crippen LogP contribution in [0.1, 0.15) is 51.8 Å². The van der Waals surface area contributed by atoms with E-state index >= 15 is 0 Å². The van der Waals surface area contributed by atoms with Gasteiger partial charge in [0.05, 0.1) is 23.4 Å². The first-order chi connectivity index (χ1) is 12.2. The van der Waals surface area contributed by atoms with Gasteiger partial charge in [-0.3, -0.25) is 4.98 Å². The molecule has 1 atom stereocenters. The molecule has 1 unspecified atom stereocenters. The second kappa shape index (κ2) is 5.77. The SMILES string of the molecule is CC(C)(C)Nc1ccc(-c2noc(C3CC34CCS(=O)(=O)CC4)n2)nc1. The fourth-order valence-electron chi connectivity index (χ4n) is 3.71. The van der Waals surface area contributed by atoms with E-state index in [4.69, 9.17) is 4.52 Å². The first-order valence-corrected chi connectivity index (χ1v) is 10.8. The molecule has 1 saturated carbocycles. The minimum Gasteiger partial charge on any atom is -0.379 e. The predicted octanol–water partition coefficient (Wildman–Crippen LogP) is 3.02. The van der Waals surface area contributed by atoms with Crippen molar-refractivity contribution >= 4 is 15.5 Å². The summed E-state index contributed by atoms with van der Waals surface area (Å²) in [5, 5.41) is 7.43. The predicted molar refractivity (Wildman–Crippen MR) is 98.6 cm³/mol. The lowest BCUT2D eigenvalue weighted by atomic mass is 9.96. The third-order valence-corrected chi connectivity index (χ3v) is 6.92. The Hall–Kier alpha value is -1.96. The number of rotatable bonds is 3. The summed E-state index contributed by atoms with van der Waals surface area (Å²) < 4.78 is 28.8.